The monoisotopic (exact) mass is 238 g/mol. The lowest BCUT2D eigenvalue weighted by molar-refractivity contribution is 0.156. The zero-order valence-electron chi connectivity index (χ0n) is 10.2. The van der Waals surface area contributed by atoms with Crippen molar-refractivity contribution in [1.82, 2.24) is 0 Å². The van der Waals surface area contributed by atoms with Gasteiger partial charge in [0.1, 0.15) is 5.75 Å². The molecule has 0 aliphatic heterocycles. The summed E-state index contributed by atoms with van der Waals surface area (Å²) in [5.41, 5.74) is 0.809. The maximum Gasteiger partial charge on any atom is 0.115 e. The molecule has 98 valence electrons. The summed E-state index contributed by atoms with van der Waals surface area (Å²) in [5.74, 6) is 0.884. The van der Waals surface area contributed by atoms with Crippen LogP contribution in [-0.4, -0.2) is 10.2 Å². The van der Waals surface area contributed by atoms with E-state index in [-0.39, 0.29) is 13.2 Å². The van der Waals surface area contributed by atoms with Crippen LogP contribution in [0.5, 0.6) is 5.75 Å². The van der Waals surface area contributed by atoms with E-state index in [2.05, 4.69) is 13.8 Å². The maximum absolute atomic E-state index is 9.95. The zero-order chi connectivity index (χ0) is 12.0. The fraction of sp³-hybridized carbons (Fsp3) is 0.600. The second kappa shape index (κ2) is 8.13. The first kappa shape index (κ1) is 16.0. The van der Waals surface area contributed by atoms with Crippen molar-refractivity contribution in [1.29, 1.82) is 0 Å². The Morgan fingerprint density at radius 1 is 1.18 bits per heavy atom. The predicted molar refractivity (Wildman–Crippen MR) is 73.1 cm³/mol. The van der Waals surface area contributed by atoms with Crippen molar-refractivity contribution < 1.29 is 10.2 Å². The van der Waals surface area contributed by atoms with Gasteiger partial charge in [0.15, 0.2) is 0 Å². The molecule has 0 aromatic heterocycles. The van der Waals surface area contributed by atoms with E-state index in [0.717, 1.165) is 18.4 Å². The third-order valence-corrected chi connectivity index (χ3v) is 2.97. The molecule has 0 aliphatic carbocycles. The van der Waals surface area contributed by atoms with Crippen molar-refractivity contribution in [2.24, 2.45) is 5.92 Å². The second-order valence-corrected chi connectivity index (χ2v) is 4.58. The van der Waals surface area contributed by atoms with Crippen molar-refractivity contribution in [2.75, 3.05) is 0 Å². The summed E-state index contributed by atoms with van der Waals surface area (Å²) in [4.78, 5) is 0. The fourth-order valence-electron chi connectivity index (χ4n) is 1.98. The molecule has 0 unspecified atom stereocenters. The highest BCUT2D eigenvalue weighted by Gasteiger charge is 2.10. The summed E-state index contributed by atoms with van der Waals surface area (Å²) in [7, 11) is 0. The molecule has 0 aliphatic rings. The number of hydrogen-bond acceptors (Lipinski definition) is 2. The Bertz CT molecular complexity index is 310. The van der Waals surface area contributed by atoms with Crippen LogP contribution >= 0.6 is 0 Å². The Morgan fingerprint density at radius 2 is 1.88 bits per heavy atom. The molecule has 0 amide bonds. The van der Waals surface area contributed by atoms with Crippen LogP contribution in [0.25, 0.3) is 0 Å². The standard InChI is InChI=1S/C14H22O2.CH4/c1-3-5-11(2)8-9-14(16)12-6-4-7-13(15)10-12;/h4,6-7,10-11,14-16H,3,5,8-9H2,1-2H3;1H4/t11-,14+;/m1./s1. The van der Waals surface area contributed by atoms with Crippen LogP contribution in [0.2, 0.25) is 0 Å². The molecular weight excluding hydrogens is 212 g/mol. The molecule has 0 radical (unpaired) electrons. The number of phenols is 1. The van der Waals surface area contributed by atoms with E-state index < -0.39 is 6.10 Å². The van der Waals surface area contributed by atoms with Crippen LogP contribution in [0.1, 0.15) is 58.6 Å². The van der Waals surface area contributed by atoms with E-state index >= 15 is 0 Å². The smallest absolute Gasteiger partial charge is 0.115 e. The van der Waals surface area contributed by atoms with Crippen LogP contribution in [0.3, 0.4) is 0 Å². The van der Waals surface area contributed by atoms with E-state index in [4.69, 9.17) is 0 Å². The highest BCUT2D eigenvalue weighted by molar-refractivity contribution is 5.28. The van der Waals surface area contributed by atoms with Crippen LogP contribution in [-0.2, 0) is 0 Å². The van der Waals surface area contributed by atoms with Gasteiger partial charge in [-0.3, -0.25) is 0 Å². The van der Waals surface area contributed by atoms with Crippen molar-refractivity contribution >= 4 is 0 Å². The number of aliphatic hydroxyl groups excluding tert-OH is 1. The Morgan fingerprint density at radius 3 is 2.47 bits per heavy atom. The maximum atomic E-state index is 9.95. The van der Waals surface area contributed by atoms with Crippen LogP contribution < -0.4 is 0 Å². The highest BCUT2D eigenvalue weighted by Crippen LogP contribution is 2.24. The minimum Gasteiger partial charge on any atom is -0.508 e. The molecule has 1 aromatic carbocycles. The summed E-state index contributed by atoms with van der Waals surface area (Å²) in [6.45, 7) is 4.40. The number of aliphatic hydroxyl groups is 1. The van der Waals surface area contributed by atoms with Crippen molar-refractivity contribution in [2.45, 2.75) is 53.1 Å². The van der Waals surface area contributed by atoms with Gasteiger partial charge in [0.2, 0.25) is 0 Å². The lowest BCUT2D eigenvalue weighted by atomic mass is 9.96. The lowest BCUT2D eigenvalue weighted by Gasteiger charge is -2.14. The Labute approximate surface area is 105 Å². The number of aromatic hydroxyl groups is 1. The SMILES string of the molecule is C.CCC[C@@H](C)CC[C@H](O)c1cccc(O)c1. The summed E-state index contributed by atoms with van der Waals surface area (Å²) in [5, 5.41) is 19.3. The van der Waals surface area contributed by atoms with Gasteiger partial charge in [0.05, 0.1) is 6.10 Å². The summed E-state index contributed by atoms with van der Waals surface area (Å²) < 4.78 is 0. The molecule has 1 aromatic rings. The van der Waals surface area contributed by atoms with E-state index in [1.165, 1.54) is 12.8 Å². The normalized spacial score (nSPS) is 13.8. The zero-order valence-corrected chi connectivity index (χ0v) is 10.2. The summed E-state index contributed by atoms with van der Waals surface area (Å²) in [6, 6.07) is 6.88. The molecule has 0 fully saturated rings. The van der Waals surface area contributed by atoms with Crippen molar-refractivity contribution in [3.05, 3.63) is 29.8 Å². The molecular formula is C15H26O2. The van der Waals surface area contributed by atoms with Crippen LogP contribution in [0.15, 0.2) is 24.3 Å². The Hall–Kier alpha value is -1.02. The Kier molecular flexibility index (Phi) is 7.64. The fourth-order valence-corrected chi connectivity index (χ4v) is 1.98. The van der Waals surface area contributed by atoms with E-state index in [1.54, 1.807) is 18.2 Å². The first-order chi connectivity index (χ1) is 7.63. The molecule has 2 heteroatoms. The van der Waals surface area contributed by atoms with Gasteiger partial charge in [-0.25, -0.2) is 0 Å². The third-order valence-electron chi connectivity index (χ3n) is 2.97. The topological polar surface area (TPSA) is 40.5 Å². The first-order valence-electron chi connectivity index (χ1n) is 6.10. The van der Waals surface area contributed by atoms with Gasteiger partial charge in [-0.15, -0.1) is 0 Å². The van der Waals surface area contributed by atoms with E-state index in [1.807, 2.05) is 6.07 Å². The number of rotatable bonds is 6. The molecule has 1 rings (SSSR count). The first-order valence-corrected chi connectivity index (χ1v) is 6.10. The van der Waals surface area contributed by atoms with E-state index in [0.29, 0.717) is 5.92 Å². The minimum absolute atomic E-state index is 0. The molecule has 0 bridgehead atoms. The summed E-state index contributed by atoms with van der Waals surface area (Å²) in [6.07, 6.45) is 3.76. The van der Waals surface area contributed by atoms with Gasteiger partial charge in [-0.05, 0) is 36.5 Å². The van der Waals surface area contributed by atoms with Gasteiger partial charge in [-0.1, -0.05) is 46.2 Å². The third kappa shape index (κ3) is 5.73. The molecule has 0 heterocycles. The van der Waals surface area contributed by atoms with Crippen molar-refractivity contribution in [3.8, 4) is 5.75 Å². The molecule has 0 saturated heterocycles. The second-order valence-electron chi connectivity index (χ2n) is 4.58. The quantitative estimate of drug-likeness (QED) is 0.776. The number of phenolic OH excluding ortho intramolecular Hbond substituents is 1. The van der Waals surface area contributed by atoms with Gasteiger partial charge in [0.25, 0.3) is 0 Å². The number of hydrogen-bond donors (Lipinski definition) is 2. The highest BCUT2D eigenvalue weighted by atomic mass is 16.3. The van der Waals surface area contributed by atoms with Gasteiger partial charge < -0.3 is 10.2 Å². The van der Waals surface area contributed by atoms with Gasteiger partial charge >= 0.3 is 0 Å². The minimum atomic E-state index is -0.452. The molecule has 2 N–H and O–H groups in total. The predicted octanol–water partition coefficient (Wildman–Crippen LogP) is 4.28. The molecule has 2 atom stereocenters. The molecule has 2 nitrogen and oxygen atoms in total. The largest absolute Gasteiger partial charge is 0.508 e. The summed E-state index contributed by atoms with van der Waals surface area (Å²) >= 11 is 0. The van der Waals surface area contributed by atoms with E-state index in [9.17, 15) is 10.2 Å². The lowest BCUT2D eigenvalue weighted by Crippen LogP contribution is -2.01. The van der Waals surface area contributed by atoms with Gasteiger partial charge in [0, 0.05) is 0 Å². The molecule has 0 spiro atoms. The van der Waals surface area contributed by atoms with Gasteiger partial charge in [-0.2, -0.15) is 0 Å². The van der Waals surface area contributed by atoms with Crippen LogP contribution in [0.4, 0.5) is 0 Å². The average molecular weight is 238 g/mol. The Balaban J connectivity index is 0.00000256. The van der Waals surface area contributed by atoms with Crippen LogP contribution in [0, 0.1) is 5.92 Å². The average Bonchev–Trinajstić information content (AvgIpc) is 2.26. The van der Waals surface area contributed by atoms with Crippen molar-refractivity contribution in [3.63, 3.8) is 0 Å². The number of benzene rings is 1. The molecule has 0 saturated carbocycles. The molecule has 17 heavy (non-hydrogen) atoms.